The number of halogens is 2. The number of hydrogen-bond donors (Lipinski definition) is 0. The molecular formula is C22H24F2N2O6. The van der Waals surface area contributed by atoms with Gasteiger partial charge in [0, 0.05) is 42.4 Å². The summed E-state index contributed by atoms with van der Waals surface area (Å²) < 4.78 is 46.3. The van der Waals surface area contributed by atoms with Crippen LogP contribution in [0.15, 0.2) is 30.3 Å². The Morgan fingerprint density at radius 2 is 2.03 bits per heavy atom. The van der Waals surface area contributed by atoms with Gasteiger partial charge in [-0.05, 0) is 37.5 Å². The molecule has 0 bridgehead atoms. The van der Waals surface area contributed by atoms with Crippen molar-refractivity contribution in [3.8, 4) is 17.2 Å². The van der Waals surface area contributed by atoms with Crippen molar-refractivity contribution in [1.29, 1.82) is 0 Å². The van der Waals surface area contributed by atoms with Crippen LogP contribution < -0.4 is 14.2 Å². The largest absolute Gasteiger partial charge is 0.490 e. The number of ether oxygens (including phenoxy) is 4. The summed E-state index contributed by atoms with van der Waals surface area (Å²) in [5.41, 5.74) is 2.25. The third-order valence-corrected chi connectivity index (χ3v) is 5.33. The minimum absolute atomic E-state index is 0.00395. The zero-order valence-electron chi connectivity index (χ0n) is 17.6. The van der Waals surface area contributed by atoms with E-state index in [-0.39, 0.29) is 30.6 Å². The van der Waals surface area contributed by atoms with Gasteiger partial charge < -0.3 is 18.9 Å². The van der Waals surface area contributed by atoms with Gasteiger partial charge in [-0.15, -0.1) is 0 Å². The number of benzene rings is 2. The van der Waals surface area contributed by atoms with Crippen molar-refractivity contribution in [1.82, 2.24) is 4.90 Å². The fraction of sp³-hybridized carbons (Fsp3) is 0.455. The molecule has 0 aromatic heterocycles. The van der Waals surface area contributed by atoms with Crippen molar-refractivity contribution in [2.75, 3.05) is 13.4 Å². The van der Waals surface area contributed by atoms with Crippen molar-refractivity contribution in [3.05, 3.63) is 57.1 Å². The van der Waals surface area contributed by atoms with Crippen LogP contribution in [0, 0.1) is 10.1 Å². The number of nitro groups is 1. The SMILES string of the molecule is CCOc1cc(CN(Cc2cc([N+](=O)[O-])cc3c2OCOC3)C2CC2)ccc1OC(F)F. The monoisotopic (exact) mass is 450 g/mol. The summed E-state index contributed by atoms with van der Waals surface area (Å²) in [6, 6.07) is 8.26. The van der Waals surface area contributed by atoms with E-state index in [2.05, 4.69) is 9.64 Å². The Balaban J connectivity index is 1.59. The third kappa shape index (κ3) is 5.25. The topological polar surface area (TPSA) is 83.3 Å². The first-order chi connectivity index (χ1) is 15.4. The van der Waals surface area contributed by atoms with Crippen molar-refractivity contribution in [3.63, 3.8) is 0 Å². The summed E-state index contributed by atoms with van der Waals surface area (Å²) in [6.45, 7) is 0.481. The quantitative estimate of drug-likeness (QED) is 0.386. The zero-order valence-corrected chi connectivity index (χ0v) is 17.6. The van der Waals surface area contributed by atoms with Gasteiger partial charge in [0.1, 0.15) is 5.75 Å². The van der Waals surface area contributed by atoms with Crippen LogP contribution in [0.2, 0.25) is 0 Å². The molecule has 0 radical (unpaired) electrons. The lowest BCUT2D eigenvalue weighted by Crippen LogP contribution is -2.26. The summed E-state index contributed by atoms with van der Waals surface area (Å²) in [5, 5.41) is 11.4. The number of fused-ring (bicyclic) bond motifs is 1. The van der Waals surface area contributed by atoms with Gasteiger partial charge in [0.2, 0.25) is 0 Å². The van der Waals surface area contributed by atoms with Crippen molar-refractivity contribution < 1.29 is 32.7 Å². The van der Waals surface area contributed by atoms with Crippen LogP contribution in [0.3, 0.4) is 0 Å². The van der Waals surface area contributed by atoms with E-state index in [1.54, 1.807) is 25.1 Å². The number of non-ortho nitro benzene ring substituents is 1. The van der Waals surface area contributed by atoms with Crippen molar-refractivity contribution in [2.24, 2.45) is 0 Å². The maximum absolute atomic E-state index is 12.7. The van der Waals surface area contributed by atoms with E-state index < -0.39 is 11.5 Å². The maximum atomic E-state index is 12.7. The van der Waals surface area contributed by atoms with Gasteiger partial charge in [-0.25, -0.2) is 0 Å². The predicted octanol–water partition coefficient (Wildman–Crippen LogP) is 4.63. The fourth-order valence-corrected chi connectivity index (χ4v) is 3.82. The number of hydrogen-bond acceptors (Lipinski definition) is 7. The zero-order chi connectivity index (χ0) is 22.7. The minimum Gasteiger partial charge on any atom is -0.490 e. The van der Waals surface area contributed by atoms with Gasteiger partial charge in [-0.1, -0.05) is 6.07 Å². The molecule has 1 saturated carbocycles. The number of alkyl halides is 2. The van der Waals surface area contributed by atoms with Crippen LogP contribution in [-0.2, 0) is 24.4 Å². The molecule has 8 nitrogen and oxygen atoms in total. The van der Waals surface area contributed by atoms with E-state index in [1.165, 1.54) is 12.1 Å². The lowest BCUT2D eigenvalue weighted by molar-refractivity contribution is -0.385. The minimum atomic E-state index is -2.94. The Labute approximate surface area is 183 Å². The first-order valence-electron chi connectivity index (χ1n) is 10.4. The molecule has 2 aliphatic rings. The summed E-state index contributed by atoms with van der Waals surface area (Å²) >= 11 is 0. The molecule has 0 N–H and O–H groups in total. The highest BCUT2D eigenvalue weighted by atomic mass is 19.3. The van der Waals surface area contributed by atoms with Crippen LogP contribution >= 0.6 is 0 Å². The average Bonchev–Trinajstić information content (AvgIpc) is 3.60. The average molecular weight is 450 g/mol. The lowest BCUT2D eigenvalue weighted by atomic mass is 10.1. The van der Waals surface area contributed by atoms with E-state index in [4.69, 9.17) is 14.2 Å². The normalized spacial score (nSPS) is 15.4. The fourth-order valence-electron chi connectivity index (χ4n) is 3.82. The molecule has 1 aliphatic carbocycles. The Morgan fingerprint density at radius 1 is 1.22 bits per heavy atom. The molecule has 2 aromatic carbocycles. The van der Waals surface area contributed by atoms with Crippen LogP contribution in [-0.4, -0.2) is 35.9 Å². The highest BCUT2D eigenvalue weighted by molar-refractivity contribution is 5.50. The molecule has 2 aromatic rings. The Morgan fingerprint density at radius 3 is 2.72 bits per heavy atom. The van der Waals surface area contributed by atoms with Crippen LogP contribution in [0.25, 0.3) is 0 Å². The lowest BCUT2D eigenvalue weighted by Gasteiger charge is -2.26. The Bertz CT molecular complexity index is 983. The molecule has 1 fully saturated rings. The second-order valence-electron chi connectivity index (χ2n) is 7.69. The molecule has 0 saturated heterocycles. The van der Waals surface area contributed by atoms with Crippen LogP contribution in [0.1, 0.15) is 36.5 Å². The molecule has 10 heteroatoms. The van der Waals surface area contributed by atoms with Crippen LogP contribution in [0.5, 0.6) is 17.2 Å². The van der Waals surface area contributed by atoms with Crippen LogP contribution in [0.4, 0.5) is 14.5 Å². The summed E-state index contributed by atoms with van der Waals surface area (Å²) in [5.74, 6) is 0.877. The molecule has 1 heterocycles. The van der Waals surface area contributed by atoms with Gasteiger partial charge in [-0.2, -0.15) is 8.78 Å². The van der Waals surface area contributed by atoms with E-state index in [9.17, 15) is 18.9 Å². The van der Waals surface area contributed by atoms with Crippen molar-refractivity contribution >= 4 is 5.69 Å². The smallest absolute Gasteiger partial charge is 0.387 e. The second-order valence-corrected chi connectivity index (χ2v) is 7.69. The number of nitro benzene ring substituents is 1. The van der Waals surface area contributed by atoms with E-state index in [0.717, 1.165) is 24.0 Å². The molecule has 0 unspecified atom stereocenters. The van der Waals surface area contributed by atoms with E-state index >= 15 is 0 Å². The van der Waals surface area contributed by atoms with Gasteiger partial charge in [0.25, 0.3) is 5.69 Å². The predicted molar refractivity (Wildman–Crippen MR) is 110 cm³/mol. The molecule has 1 aliphatic heterocycles. The van der Waals surface area contributed by atoms with Gasteiger partial charge in [0.15, 0.2) is 18.3 Å². The first-order valence-corrected chi connectivity index (χ1v) is 10.4. The first kappa shape index (κ1) is 22.2. The summed E-state index contributed by atoms with van der Waals surface area (Å²) in [7, 11) is 0. The van der Waals surface area contributed by atoms with Gasteiger partial charge in [0.05, 0.1) is 18.1 Å². The molecule has 172 valence electrons. The third-order valence-electron chi connectivity index (χ3n) is 5.33. The second kappa shape index (κ2) is 9.66. The number of rotatable bonds is 10. The molecule has 32 heavy (non-hydrogen) atoms. The molecule has 4 rings (SSSR count). The molecule has 0 atom stereocenters. The van der Waals surface area contributed by atoms with E-state index in [1.807, 2.05) is 0 Å². The molecule has 0 amide bonds. The summed E-state index contributed by atoms with van der Waals surface area (Å²) in [4.78, 5) is 13.2. The maximum Gasteiger partial charge on any atom is 0.387 e. The molecule has 0 spiro atoms. The molecular weight excluding hydrogens is 426 g/mol. The van der Waals surface area contributed by atoms with E-state index in [0.29, 0.717) is 37.1 Å². The van der Waals surface area contributed by atoms with Gasteiger partial charge >= 0.3 is 6.61 Å². The van der Waals surface area contributed by atoms with Crippen molar-refractivity contribution in [2.45, 2.75) is 52.1 Å². The number of nitrogens with zero attached hydrogens (tertiary/aromatic N) is 2. The highest BCUT2D eigenvalue weighted by Gasteiger charge is 2.31. The summed E-state index contributed by atoms with van der Waals surface area (Å²) in [6.07, 6.45) is 2.04. The standard InChI is InChI=1S/C22H24F2N2O6/c1-2-30-20-7-14(3-6-19(20)32-22(23)24)10-25(17-4-5-17)11-15-8-18(26(27)28)9-16-12-29-13-31-21(15)16/h3,6-9,17,22H,2,4-5,10-13H2,1H3. The van der Waals surface area contributed by atoms with Gasteiger partial charge in [-0.3, -0.25) is 15.0 Å². The highest BCUT2D eigenvalue weighted by Crippen LogP contribution is 2.37. The Hall–Kier alpha value is -2.98. The Kier molecular flexibility index (Phi) is 6.71.